The molecular weight excluding hydrogens is 388 g/mol. The number of hydrazone groups is 1. The summed E-state index contributed by atoms with van der Waals surface area (Å²) in [4.78, 5) is 36.7. The molecule has 1 saturated heterocycles. The number of hydrogen-bond acceptors (Lipinski definition) is 6. The molecule has 0 atom stereocenters. The van der Waals surface area contributed by atoms with Crippen LogP contribution in [-0.4, -0.2) is 67.8 Å². The van der Waals surface area contributed by atoms with E-state index in [1.54, 1.807) is 23.1 Å². The first-order chi connectivity index (χ1) is 13.5. The van der Waals surface area contributed by atoms with Crippen molar-refractivity contribution in [3.63, 3.8) is 0 Å². The number of nitrogens with one attached hydrogen (secondary N) is 2. The minimum absolute atomic E-state index is 0.0829. The van der Waals surface area contributed by atoms with Gasteiger partial charge in [0.15, 0.2) is 6.61 Å². The third-order valence-corrected chi connectivity index (χ3v) is 4.62. The highest BCUT2D eigenvalue weighted by atomic mass is 35.5. The second-order valence-electron chi connectivity index (χ2n) is 6.30. The van der Waals surface area contributed by atoms with Crippen LogP contribution in [-0.2, 0) is 19.1 Å². The number of nitrogens with zero attached hydrogens (tertiary/aromatic N) is 2. The monoisotopic (exact) mass is 408 g/mol. The Balaban J connectivity index is 1.46. The number of ether oxygens (including phenoxy) is 2. The van der Waals surface area contributed by atoms with Crippen LogP contribution < -0.4 is 15.5 Å². The van der Waals surface area contributed by atoms with E-state index < -0.39 is 5.91 Å². The lowest BCUT2D eigenvalue weighted by Crippen LogP contribution is -2.46. The maximum Gasteiger partial charge on any atom is 0.258 e. The van der Waals surface area contributed by atoms with Gasteiger partial charge in [0.2, 0.25) is 11.8 Å². The third-order valence-electron chi connectivity index (χ3n) is 4.33. The van der Waals surface area contributed by atoms with Gasteiger partial charge in [0, 0.05) is 25.9 Å². The quantitative estimate of drug-likeness (QED) is 0.704. The van der Waals surface area contributed by atoms with E-state index in [1.165, 1.54) is 0 Å². The van der Waals surface area contributed by atoms with Crippen LogP contribution in [0.5, 0.6) is 5.75 Å². The molecule has 150 valence electrons. The minimum Gasteiger partial charge on any atom is -0.482 e. The predicted molar refractivity (Wildman–Crippen MR) is 101 cm³/mol. The zero-order valence-corrected chi connectivity index (χ0v) is 16.0. The largest absolute Gasteiger partial charge is 0.482 e. The molecular formula is C18H21ClN4O5. The number of halogens is 1. The fourth-order valence-electron chi connectivity index (χ4n) is 2.77. The highest BCUT2D eigenvalue weighted by Gasteiger charge is 2.18. The number of carbonyl (C=O) groups excluding carboxylic acids is 3. The molecule has 0 bridgehead atoms. The second kappa shape index (κ2) is 9.52. The number of benzene rings is 1. The molecule has 0 unspecified atom stereocenters. The molecule has 3 rings (SSSR count). The van der Waals surface area contributed by atoms with Crippen LogP contribution in [0.3, 0.4) is 0 Å². The van der Waals surface area contributed by atoms with Gasteiger partial charge in [-0.2, -0.15) is 5.10 Å². The van der Waals surface area contributed by atoms with E-state index in [4.69, 9.17) is 21.1 Å². The summed E-state index contributed by atoms with van der Waals surface area (Å²) < 4.78 is 10.6. The fraction of sp³-hybridized carbons (Fsp3) is 0.444. The number of morpholine rings is 1. The molecule has 3 amide bonds. The Morgan fingerprint density at radius 1 is 1.29 bits per heavy atom. The molecule has 2 aliphatic heterocycles. The molecule has 2 heterocycles. The van der Waals surface area contributed by atoms with Crippen molar-refractivity contribution in [3.8, 4) is 5.75 Å². The summed E-state index contributed by atoms with van der Waals surface area (Å²) in [6.45, 7) is 1.74. The average Bonchev–Trinajstić information content (AvgIpc) is 2.72. The Morgan fingerprint density at radius 3 is 2.75 bits per heavy atom. The van der Waals surface area contributed by atoms with Crippen LogP contribution >= 0.6 is 11.6 Å². The van der Waals surface area contributed by atoms with Gasteiger partial charge in [-0.3, -0.25) is 14.4 Å². The van der Waals surface area contributed by atoms with Gasteiger partial charge in [-0.1, -0.05) is 11.6 Å². The summed E-state index contributed by atoms with van der Waals surface area (Å²) in [6, 6.07) is 5.08. The summed E-state index contributed by atoms with van der Waals surface area (Å²) in [5, 5.41) is 6.88. The zero-order chi connectivity index (χ0) is 19.9. The van der Waals surface area contributed by atoms with Gasteiger partial charge in [-0.05, 0) is 23.8 Å². The molecule has 1 aromatic carbocycles. The van der Waals surface area contributed by atoms with Crippen molar-refractivity contribution in [2.45, 2.75) is 12.8 Å². The van der Waals surface area contributed by atoms with Crippen LogP contribution in [0.15, 0.2) is 23.3 Å². The molecule has 28 heavy (non-hydrogen) atoms. The molecule has 0 aromatic heterocycles. The van der Waals surface area contributed by atoms with E-state index in [9.17, 15) is 14.4 Å². The minimum atomic E-state index is -0.416. The molecule has 10 heteroatoms. The second-order valence-corrected chi connectivity index (χ2v) is 6.70. The van der Waals surface area contributed by atoms with Crippen molar-refractivity contribution < 1.29 is 23.9 Å². The highest BCUT2D eigenvalue weighted by molar-refractivity contribution is 6.32. The van der Waals surface area contributed by atoms with E-state index in [1.807, 2.05) is 0 Å². The molecule has 0 saturated carbocycles. The standard InChI is InChI=1S/C18H21ClN4O5/c19-13-9-12(14-2-4-16(24)22-21-14)1-3-15(13)28-11-17(25)20-10-18(26)23-5-7-27-8-6-23/h1,3,9H,2,4-8,10-11H2,(H,20,25)(H,22,24). The van der Waals surface area contributed by atoms with Gasteiger partial charge in [-0.25, -0.2) is 5.43 Å². The zero-order valence-electron chi connectivity index (χ0n) is 15.2. The number of rotatable bonds is 6. The van der Waals surface area contributed by atoms with Crippen molar-refractivity contribution in [1.82, 2.24) is 15.6 Å². The van der Waals surface area contributed by atoms with Gasteiger partial charge in [0.25, 0.3) is 5.91 Å². The molecule has 1 aromatic rings. The normalized spacial score (nSPS) is 16.8. The summed E-state index contributed by atoms with van der Waals surface area (Å²) >= 11 is 6.22. The Labute approximate surface area is 167 Å². The average molecular weight is 409 g/mol. The molecule has 2 N–H and O–H groups in total. The van der Waals surface area contributed by atoms with Gasteiger partial charge in [0.1, 0.15) is 5.75 Å². The fourth-order valence-corrected chi connectivity index (χ4v) is 3.01. The lowest BCUT2D eigenvalue weighted by molar-refractivity contribution is -0.136. The van der Waals surface area contributed by atoms with E-state index >= 15 is 0 Å². The van der Waals surface area contributed by atoms with Gasteiger partial charge in [-0.15, -0.1) is 0 Å². The van der Waals surface area contributed by atoms with Crippen molar-refractivity contribution in [2.75, 3.05) is 39.5 Å². The first-order valence-corrected chi connectivity index (χ1v) is 9.31. The van der Waals surface area contributed by atoms with Crippen molar-refractivity contribution >= 4 is 35.0 Å². The van der Waals surface area contributed by atoms with Gasteiger partial charge < -0.3 is 19.7 Å². The molecule has 2 aliphatic rings. The van der Waals surface area contributed by atoms with Gasteiger partial charge >= 0.3 is 0 Å². The van der Waals surface area contributed by atoms with Gasteiger partial charge in [0.05, 0.1) is 30.5 Å². The summed E-state index contributed by atoms with van der Waals surface area (Å²) in [6.07, 6.45) is 0.903. The maximum atomic E-state index is 12.0. The van der Waals surface area contributed by atoms with E-state index in [0.29, 0.717) is 49.9 Å². The summed E-state index contributed by atoms with van der Waals surface area (Å²) in [5.41, 5.74) is 3.94. The van der Waals surface area contributed by atoms with Crippen LogP contribution in [0.2, 0.25) is 5.02 Å². The van der Waals surface area contributed by atoms with E-state index in [0.717, 1.165) is 11.3 Å². The Morgan fingerprint density at radius 2 is 2.07 bits per heavy atom. The number of amides is 3. The van der Waals surface area contributed by atoms with E-state index in [2.05, 4.69) is 15.8 Å². The van der Waals surface area contributed by atoms with Crippen LogP contribution in [0.4, 0.5) is 0 Å². The first-order valence-electron chi connectivity index (χ1n) is 8.93. The predicted octanol–water partition coefficient (Wildman–Crippen LogP) is 0.308. The van der Waals surface area contributed by atoms with Crippen LogP contribution in [0, 0.1) is 0 Å². The Bertz CT molecular complexity index is 792. The topological polar surface area (TPSA) is 109 Å². The Kier molecular flexibility index (Phi) is 6.83. The first kappa shape index (κ1) is 20.1. The lowest BCUT2D eigenvalue weighted by atomic mass is 10.0. The summed E-state index contributed by atoms with van der Waals surface area (Å²) in [5.74, 6) is -0.339. The van der Waals surface area contributed by atoms with Crippen molar-refractivity contribution in [1.29, 1.82) is 0 Å². The molecule has 0 radical (unpaired) electrons. The van der Waals surface area contributed by atoms with Crippen LogP contribution in [0.1, 0.15) is 18.4 Å². The van der Waals surface area contributed by atoms with Crippen molar-refractivity contribution in [2.24, 2.45) is 5.10 Å². The SMILES string of the molecule is O=C(COc1ccc(C2=NNC(=O)CC2)cc1Cl)NCC(=O)N1CCOCC1. The smallest absolute Gasteiger partial charge is 0.258 e. The maximum absolute atomic E-state index is 12.0. The number of hydrogen-bond donors (Lipinski definition) is 2. The molecule has 0 aliphatic carbocycles. The molecule has 0 spiro atoms. The van der Waals surface area contributed by atoms with Crippen molar-refractivity contribution in [3.05, 3.63) is 28.8 Å². The molecule has 9 nitrogen and oxygen atoms in total. The van der Waals surface area contributed by atoms with E-state index in [-0.39, 0.29) is 25.0 Å². The Hall–Kier alpha value is -2.65. The highest BCUT2D eigenvalue weighted by Crippen LogP contribution is 2.26. The molecule has 1 fully saturated rings. The lowest BCUT2D eigenvalue weighted by Gasteiger charge is -2.26. The summed E-state index contributed by atoms with van der Waals surface area (Å²) in [7, 11) is 0. The third kappa shape index (κ3) is 5.43. The van der Waals surface area contributed by atoms with Crippen LogP contribution in [0.25, 0.3) is 0 Å². The number of carbonyl (C=O) groups is 3.